The Morgan fingerprint density at radius 1 is 1.13 bits per heavy atom. The zero-order chi connectivity index (χ0) is 22.1. The lowest BCUT2D eigenvalue weighted by Gasteiger charge is -2.23. The Morgan fingerprint density at radius 2 is 1.81 bits per heavy atom. The van der Waals surface area contributed by atoms with Crippen molar-refractivity contribution >= 4 is 57.6 Å². The number of hydrogen-bond acceptors (Lipinski definition) is 4. The van der Waals surface area contributed by atoms with Crippen LogP contribution in [0.15, 0.2) is 53.8 Å². The third kappa shape index (κ3) is 8.82. The van der Waals surface area contributed by atoms with Crippen molar-refractivity contribution in [3.05, 3.63) is 59.9 Å². The number of halogens is 1. The number of quaternary nitrogens is 1. The van der Waals surface area contributed by atoms with E-state index in [1.807, 2.05) is 0 Å². The number of anilines is 1. The van der Waals surface area contributed by atoms with E-state index in [9.17, 15) is 0 Å². The predicted molar refractivity (Wildman–Crippen MR) is 144 cm³/mol. The van der Waals surface area contributed by atoms with E-state index < -0.39 is 0 Å². The number of thioether (sulfide) groups is 1. The van der Waals surface area contributed by atoms with Gasteiger partial charge in [0.1, 0.15) is 0 Å². The zero-order valence-electron chi connectivity index (χ0n) is 18.8. The minimum Gasteiger partial charge on any atom is -0.374 e. The second kappa shape index (κ2) is 11.9. The molecule has 0 aliphatic carbocycles. The molecule has 0 spiro atoms. The van der Waals surface area contributed by atoms with Gasteiger partial charge in [0.15, 0.2) is 24.1 Å². The van der Waals surface area contributed by atoms with Gasteiger partial charge in [-0.05, 0) is 23.3 Å². The van der Waals surface area contributed by atoms with Crippen LogP contribution in [0.4, 0.5) is 5.69 Å². The van der Waals surface area contributed by atoms with Crippen LogP contribution >= 0.6 is 34.6 Å². The Morgan fingerprint density at radius 3 is 2.42 bits per heavy atom. The maximum absolute atomic E-state index is 4.42. The third-order valence-corrected chi connectivity index (χ3v) is 6.55. The quantitative estimate of drug-likeness (QED) is 0.274. The van der Waals surface area contributed by atoms with Gasteiger partial charge < -0.3 is 10.2 Å². The largest absolute Gasteiger partial charge is 0.374 e. The SMILES string of the molecule is CN(CCC[N+](C)(C)I)c1ccc(/C=C/c2cc[n+](CCSC3=NCCN3)cc2)cc1. The molecule has 166 valence electrons. The molecule has 1 aromatic heterocycles. The number of hydrogen-bond donors (Lipinski definition) is 1. The van der Waals surface area contributed by atoms with Gasteiger partial charge in [0, 0.05) is 44.4 Å². The fraction of sp³-hybridized carbons (Fsp3) is 0.417. The molecule has 31 heavy (non-hydrogen) atoms. The lowest BCUT2D eigenvalue weighted by atomic mass is 10.1. The van der Waals surface area contributed by atoms with E-state index in [0.29, 0.717) is 0 Å². The maximum atomic E-state index is 4.42. The number of pyridine rings is 1. The van der Waals surface area contributed by atoms with Crippen LogP contribution in [0.5, 0.6) is 0 Å². The molecule has 0 amide bonds. The number of nitrogens with zero attached hydrogens (tertiary/aromatic N) is 4. The van der Waals surface area contributed by atoms with Crippen LogP contribution < -0.4 is 14.8 Å². The van der Waals surface area contributed by atoms with Crippen LogP contribution in [0.25, 0.3) is 12.2 Å². The third-order valence-electron chi connectivity index (χ3n) is 5.13. The first-order valence-corrected chi connectivity index (χ1v) is 12.8. The van der Waals surface area contributed by atoms with Crippen molar-refractivity contribution in [2.45, 2.75) is 13.0 Å². The Balaban J connectivity index is 1.45. The molecule has 1 aromatic carbocycles. The van der Waals surface area contributed by atoms with Crippen LogP contribution in [-0.4, -0.2) is 60.9 Å². The predicted octanol–water partition coefficient (Wildman–Crippen LogP) is 4.09. The first-order chi connectivity index (χ1) is 14.9. The fourth-order valence-corrected chi connectivity index (χ4v) is 4.52. The highest BCUT2D eigenvalue weighted by Gasteiger charge is 2.10. The normalized spacial score (nSPS) is 14.0. The molecule has 0 saturated carbocycles. The summed E-state index contributed by atoms with van der Waals surface area (Å²) in [5, 5.41) is 4.38. The molecule has 1 aliphatic rings. The molecule has 0 radical (unpaired) electrons. The summed E-state index contributed by atoms with van der Waals surface area (Å²) in [7, 11) is 6.64. The standard InChI is InChI=1S/C24H34IN5S/c1-28(15-4-19-30(2,3)25)23-9-7-21(8-10-23)5-6-22-11-16-29(17-12-22)18-20-31-24-26-13-14-27-24/h5-12,16-17H,4,13-15,18-20H2,1-3H3,(H,26,27)/q+2. The van der Waals surface area contributed by atoms with E-state index in [1.54, 1.807) is 11.8 Å². The molecule has 0 atom stereocenters. The monoisotopic (exact) mass is 551 g/mol. The average molecular weight is 552 g/mol. The van der Waals surface area contributed by atoms with Crippen LogP contribution in [0.1, 0.15) is 17.5 Å². The number of aliphatic imine (C=N–C) groups is 1. The zero-order valence-corrected chi connectivity index (χ0v) is 21.8. The Labute approximate surface area is 205 Å². The van der Waals surface area contributed by atoms with Gasteiger partial charge in [-0.3, -0.25) is 7.69 Å². The average Bonchev–Trinajstić information content (AvgIpc) is 3.26. The van der Waals surface area contributed by atoms with Crippen molar-refractivity contribution in [1.82, 2.24) is 5.32 Å². The molecule has 1 N–H and O–H groups in total. The van der Waals surface area contributed by atoms with E-state index in [-0.39, 0.29) is 0 Å². The van der Waals surface area contributed by atoms with Crippen molar-refractivity contribution < 1.29 is 7.26 Å². The van der Waals surface area contributed by atoms with Gasteiger partial charge in [-0.15, -0.1) is 0 Å². The molecule has 7 heteroatoms. The van der Waals surface area contributed by atoms with Crippen molar-refractivity contribution in [3.63, 3.8) is 0 Å². The van der Waals surface area contributed by atoms with Gasteiger partial charge in [-0.1, -0.05) is 36.0 Å². The number of rotatable bonds is 10. The molecule has 0 saturated heterocycles. The summed E-state index contributed by atoms with van der Waals surface area (Å²) < 4.78 is 3.21. The second-order valence-corrected chi connectivity index (χ2v) is 12.0. The highest BCUT2D eigenvalue weighted by Crippen LogP contribution is 2.17. The number of aromatic nitrogens is 1. The van der Waals surface area contributed by atoms with Crippen molar-refractivity contribution in [1.29, 1.82) is 0 Å². The molecule has 5 nitrogen and oxygen atoms in total. The lowest BCUT2D eigenvalue weighted by molar-refractivity contribution is -0.706. The van der Waals surface area contributed by atoms with Crippen LogP contribution in [0, 0.1) is 0 Å². The summed E-state index contributed by atoms with van der Waals surface area (Å²) in [6.07, 6.45) is 9.84. The molecule has 2 aromatic rings. The molecular formula is C24H34IN5S+2. The summed E-state index contributed by atoms with van der Waals surface area (Å²) in [5.41, 5.74) is 3.71. The van der Waals surface area contributed by atoms with Gasteiger partial charge in [-0.2, -0.15) is 0 Å². The highest BCUT2D eigenvalue weighted by atomic mass is 127. The number of amidine groups is 1. The van der Waals surface area contributed by atoms with Crippen LogP contribution in [0.2, 0.25) is 0 Å². The van der Waals surface area contributed by atoms with Gasteiger partial charge >= 0.3 is 0 Å². The van der Waals surface area contributed by atoms with E-state index >= 15 is 0 Å². The molecule has 0 bridgehead atoms. The highest BCUT2D eigenvalue weighted by molar-refractivity contribution is 14.1. The molecule has 3 rings (SSSR count). The van der Waals surface area contributed by atoms with Gasteiger partial charge in [0.2, 0.25) is 22.9 Å². The fourth-order valence-electron chi connectivity index (χ4n) is 3.29. The summed E-state index contributed by atoms with van der Waals surface area (Å²) >= 11 is 4.27. The van der Waals surface area contributed by atoms with Crippen molar-refractivity contribution in [2.24, 2.45) is 4.99 Å². The summed E-state index contributed by atoms with van der Waals surface area (Å²) in [6, 6.07) is 13.2. The number of nitrogens with one attached hydrogen (secondary N) is 1. The Kier molecular flexibility index (Phi) is 9.22. The Hall–Kier alpha value is -1.58. The topological polar surface area (TPSA) is 31.5 Å². The van der Waals surface area contributed by atoms with Crippen molar-refractivity contribution in [2.75, 3.05) is 58.0 Å². The van der Waals surface area contributed by atoms with Crippen LogP contribution in [0.3, 0.4) is 0 Å². The van der Waals surface area contributed by atoms with E-state index in [0.717, 1.165) is 39.8 Å². The first kappa shape index (κ1) is 24.1. The number of aryl methyl sites for hydroxylation is 1. The maximum Gasteiger partial charge on any atom is 0.248 e. The first-order valence-electron chi connectivity index (χ1n) is 10.8. The van der Waals surface area contributed by atoms with Gasteiger partial charge in [0.25, 0.3) is 0 Å². The van der Waals surface area contributed by atoms with E-state index in [2.05, 4.69) is 125 Å². The molecule has 1 aliphatic heterocycles. The smallest absolute Gasteiger partial charge is 0.248 e. The molecule has 0 unspecified atom stereocenters. The van der Waals surface area contributed by atoms with Crippen LogP contribution in [-0.2, 0) is 6.54 Å². The minimum atomic E-state index is 0.909. The van der Waals surface area contributed by atoms with E-state index in [4.69, 9.17) is 0 Å². The summed E-state index contributed by atoms with van der Waals surface area (Å²) in [6.45, 7) is 5.12. The molecule has 2 heterocycles. The van der Waals surface area contributed by atoms with Crippen molar-refractivity contribution in [3.8, 4) is 0 Å². The minimum absolute atomic E-state index is 0.909. The molecule has 0 fully saturated rings. The van der Waals surface area contributed by atoms with Gasteiger partial charge in [-0.25, -0.2) is 4.57 Å². The van der Waals surface area contributed by atoms with E-state index in [1.165, 1.54) is 29.8 Å². The second-order valence-electron chi connectivity index (χ2n) is 8.29. The number of benzene rings is 1. The molecular weight excluding hydrogens is 517 g/mol. The summed E-state index contributed by atoms with van der Waals surface area (Å²) in [4.78, 5) is 6.75. The summed E-state index contributed by atoms with van der Waals surface area (Å²) in [5.74, 6) is 1.03. The van der Waals surface area contributed by atoms with Gasteiger partial charge in [0.05, 0.1) is 32.9 Å². The Bertz CT molecular complexity index is 872. The lowest BCUT2D eigenvalue weighted by Crippen LogP contribution is -2.34.